The van der Waals surface area contributed by atoms with Gasteiger partial charge in [0.25, 0.3) is 0 Å². The highest BCUT2D eigenvalue weighted by molar-refractivity contribution is 7.99. The van der Waals surface area contributed by atoms with Gasteiger partial charge in [-0.3, -0.25) is 4.79 Å². The topological polar surface area (TPSA) is 46.9 Å². The lowest BCUT2D eigenvalue weighted by Gasteiger charge is -2.08. The number of rotatable bonds is 8. The Bertz CT molecular complexity index is 920. The van der Waals surface area contributed by atoms with Gasteiger partial charge in [0.05, 0.1) is 17.6 Å². The average molecular weight is 414 g/mol. The lowest BCUT2D eigenvalue weighted by molar-refractivity contribution is -0.113. The first kappa shape index (κ1) is 20.5. The Morgan fingerprint density at radius 3 is 2.54 bits per heavy atom. The minimum absolute atomic E-state index is 0.0395. The van der Waals surface area contributed by atoms with Crippen molar-refractivity contribution in [2.24, 2.45) is 7.05 Å². The number of carbonyl (C=O) groups is 1. The summed E-state index contributed by atoms with van der Waals surface area (Å²) >= 11 is 7.38. The Balaban J connectivity index is 1.55. The summed E-state index contributed by atoms with van der Waals surface area (Å²) in [5, 5.41) is 4.45. The number of anilines is 1. The van der Waals surface area contributed by atoms with Gasteiger partial charge in [-0.2, -0.15) is 0 Å². The Morgan fingerprint density at radius 2 is 1.86 bits per heavy atom. The molecule has 4 nitrogen and oxygen atoms in total. The summed E-state index contributed by atoms with van der Waals surface area (Å²) < 4.78 is 1.99. The van der Waals surface area contributed by atoms with Crippen molar-refractivity contribution in [2.45, 2.75) is 31.3 Å². The van der Waals surface area contributed by atoms with Crippen molar-refractivity contribution in [1.82, 2.24) is 9.55 Å². The third-order valence-corrected chi connectivity index (χ3v) is 5.77. The number of nitrogens with zero attached hydrogens (tertiary/aromatic N) is 2. The van der Waals surface area contributed by atoms with E-state index in [9.17, 15) is 4.79 Å². The zero-order chi connectivity index (χ0) is 19.9. The Morgan fingerprint density at radius 1 is 1.14 bits per heavy atom. The number of halogens is 1. The van der Waals surface area contributed by atoms with Gasteiger partial charge in [-0.25, -0.2) is 4.98 Å². The molecule has 1 N–H and O–H groups in total. The van der Waals surface area contributed by atoms with Gasteiger partial charge < -0.3 is 9.88 Å². The zero-order valence-electron chi connectivity index (χ0n) is 16.1. The molecule has 0 aliphatic rings. The summed E-state index contributed by atoms with van der Waals surface area (Å²) in [7, 11) is 1.95. The van der Waals surface area contributed by atoms with E-state index in [2.05, 4.69) is 29.4 Å². The van der Waals surface area contributed by atoms with Crippen molar-refractivity contribution in [2.75, 3.05) is 11.1 Å². The molecular formula is C22H24ClN3OS. The number of imidazole rings is 1. The van der Waals surface area contributed by atoms with E-state index in [0.717, 1.165) is 28.5 Å². The normalized spacial score (nSPS) is 10.8. The van der Waals surface area contributed by atoms with Crippen LogP contribution in [-0.4, -0.2) is 21.2 Å². The van der Waals surface area contributed by atoms with Crippen LogP contribution in [0.2, 0.25) is 5.02 Å². The molecule has 1 aromatic heterocycles. The molecule has 0 bridgehead atoms. The summed E-state index contributed by atoms with van der Waals surface area (Å²) in [4.78, 5) is 16.7. The van der Waals surface area contributed by atoms with Crippen molar-refractivity contribution < 1.29 is 4.79 Å². The van der Waals surface area contributed by atoms with E-state index in [1.807, 2.05) is 54.2 Å². The molecule has 6 heteroatoms. The molecule has 3 aromatic rings. The predicted octanol–water partition coefficient (Wildman–Crippen LogP) is 5.81. The molecule has 0 radical (unpaired) electrons. The number of thioether (sulfide) groups is 1. The molecule has 2 aromatic carbocycles. The molecule has 0 spiro atoms. The average Bonchev–Trinajstić information content (AvgIpc) is 3.07. The largest absolute Gasteiger partial charge is 0.325 e. The molecule has 0 aliphatic carbocycles. The summed E-state index contributed by atoms with van der Waals surface area (Å²) in [5.41, 5.74) is 4.16. The Hall–Kier alpha value is -2.24. The van der Waals surface area contributed by atoms with Crippen molar-refractivity contribution in [3.05, 3.63) is 65.3 Å². The van der Waals surface area contributed by atoms with E-state index in [-0.39, 0.29) is 5.91 Å². The number of aromatic nitrogens is 2. The Kier molecular flexibility index (Phi) is 7.18. The van der Waals surface area contributed by atoms with Gasteiger partial charge in [0, 0.05) is 17.8 Å². The second kappa shape index (κ2) is 9.80. The van der Waals surface area contributed by atoms with Gasteiger partial charge in [0.15, 0.2) is 5.16 Å². The van der Waals surface area contributed by atoms with E-state index >= 15 is 0 Å². The third kappa shape index (κ3) is 5.40. The van der Waals surface area contributed by atoms with Crippen LogP contribution < -0.4 is 5.32 Å². The van der Waals surface area contributed by atoms with Gasteiger partial charge in [0.1, 0.15) is 0 Å². The molecule has 1 amide bonds. The van der Waals surface area contributed by atoms with Crippen LogP contribution in [0.25, 0.3) is 11.3 Å². The van der Waals surface area contributed by atoms with E-state index in [1.165, 1.54) is 30.2 Å². The lowest BCUT2D eigenvalue weighted by atomic mass is 10.1. The molecule has 146 valence electrons. The fraction of sp³-hybridized carbons (Fsp3) is 0.273. The predicted molar refractivity (Wildman–Crippen MR) is 118 cm³/mol. The SMILES string of the molecule is CCCCc1ccc(NC(=O)CSc2ncc(-c3ccc(Cl)cc3)n2C)cc1. The van der Waals surface area contributed by atoms with Crippen molar-refractivity contribution in [3.8, 4) is 11.3 Å². The van der Waals surface area contributed by atoms with E-state index in [0.29, 0.717) is 10.8 Å². The summed E-state index contributed by atoms with van der Waals surface area (Å²) in [6.45, 7) is 2.19. The highest BCUT2D eigenvalue weighted by atomic mass is 35.5. The third-order valence-electron chi connectivity index (χ3n) is 4.47. The number of nitrogens with one attached hydrogen (secondary N) is 1. The van der Waals surface area contributed by atoms with E-state index in [4.69, 9.17) is 11.6 Å². The molecule has 0 atom stereocenters. The number of aryl methyl sites for hydroxylation is 1. The molecule has 1 heterocycles. The first-order valence-corrected chi connectivity index (χ1v) is 10.7. The smallest absolute Gasteiger partial charge is 0.234 e. The molecule has 3 rings (SSSR count). The van der Waals surface area contributed by atoms with Gasteiger partial charge in [-0.15, -0.1) is 0 Å². The van der Waals surface area contributed by atoms with Crippen molar-refractivity contribution in [3.63, 3.8) is 0 Å². The molecular weight excluding hydrogens is 390 g/mol. The second-order valence-electron chi connectivity index (χ2n) is 6.63. The van der Waals surface area contributed by atoms with Crippen LogP contribution in [0.4, 0.5) is 5.69 Å². The van der Waals surface area contributed by atoms with E-state index in [1.54, 1.807) is 0 Å². The fourth-order valence-corrected chi connectivity index (χ4v) is 3.76. The van der Waals surface area contributed by atoms with Crippen LogP contribution in [0.3, 0.4) is 0 Å². The lowest BCUT2D eigenvalue weighted by Crippen LogP contribution is -2.14. The zero-order valence-corrected chi connectivity index (χ0v) is 17.7. The molecule has 0 saturated carbocycles. The molecule has 0 fully saturated rings. The van der Waals surface area contributed by atoms with Crippen LogP contribution in [-0.2, 0) is 18.3 Å². The van der Waals surface area contributed by atoms with Crippen LogP contribution in [0.15, 0.2) is 59.9 Å². The molecule has 28 heavy (non-hydrogen) atoms. The number of hydrogen-bond acceptors (Lipinski definition) is 3. The van der Waals surface area contributed by atoms with Crippen LogP contribution in [0.1, 0.15) is 25.3 Å². The second-order valence-corrected chi connectivity index (χ2v) is 8.01. The quantitative estimate of drug-likeness (QED) is 0.473. The van der Waals surface area contributed by atoms with Gasteiger partial charge in [-0.1, -0.05) is 61.0 Å². The minimum atomic E-state index is -0.0395. The standard InChI is InChI=1S/C22H24ClN3OS/c1-3-4-5-16-6-12-19(13-7-16)25-21(27)15-28-22-24-14-20(26(22)2)17-8-10-18(23)11-9-17/h6-14H,3-5,15H2,1-2H3,(H,25,27). The first-order chi connectivity index (χ1) is 13.6. The highest BCUT2D eigenvalue weighted by Crippen LogP contribution is 2.26. The number of hydrogen-bond donors (Lipinski definition) is 1. The van der Waals surface area contributed by atoms with Crippen molar-refractivity contribution in [1.29, 1.82) is 0 Å². The molecule has 0 unspecified atom stereocenters. The monoisotopic (exact) mass is 413 g/mol. The highest BCUT2D eigenvalue weighted by Gasteiger charge is 2.11. The number of carbonyl (C=O) groups excluding carboxylic acids is 1. The maximum atomic E-state index is 12.3. The van der Waals surface area contributed by atoms with Gasteiger partial charge >= 0.3 is 0 Å². The maximum absolute atomic E-state index is 12.3. The van der Waals surface area contributed by atoms with Crippen molar-refractivity contribution >= 4 is 35.0 Å². The van der Waals surface area contributed by atoms with Gasteiger partial charge in [0.2, 0.25) is 5.91 Å². The fourth-order valence-electron chi connectivity index (χ4n) is 2.88. The van der Waals surface area contributed by atoms with Gasteiger partial charge in [-0.05, 0) is 48.2 Å². The molecule has 0 saturated heterocycles. The van der Waals surface area contributed by atoms with Crippen LogP contribution in [0, 0.1) is 0 Å². The minimum Gasteiger partial charge on any atom is -0.325 e. The van der Waals surface area contributed by atoms with E-state index < -0.39 is 0 Å². The maximum Gasteiger partial charge on any atom is 0.234 e. The number of benzene rings is 2. The summed E-state index contributed by atoms with van der Waals surface area (Å²) in [6, 6.07) is 15.7. The summed E-state index contributed by atoms with van der Waals surface area (Å²) in [5.74, 6) is 0.269. The first-order valence-electron chi connectivity index (χ1n) is 9.36. The Labute approximate surface area is 175 Å². The molecule has 0 aliphatic heterocycles. The number of amides is 1. The number of unbranched alkanes of at least 4 members (excludes halogenated alkanes) is 1. The summed E-state index contributed by atoms with van der Waals surface area (Å²) in [6.07, 6.45) is 5.26. The van der Waals surface area contributed by atoms with Crippen LogP contribution in [0.5, 0.6) is 0 Å². The van der Waals surface area contributed by atoms with Crippen LogP contribution >= 0.6 is 23.4 Å².